The van der Waals surface area contributed by atoms with Gasteiger partial charge in [0.05, 0.1) is 11.6 Å². The van der Waals surface area contributed by atoms with Crippen LogP contribution in [0.4, 0.5) is 0 Å². The van der Waals surface area contributed by atoms with Crippen LogP contribution in [0.15, 0.2) is 12.1 Å². The van der Waals surface area contributed by atoms with Crippen LogP contribution < -0.4 is 4.74 Å². The van der Waals surface area contributed by atoms with E-state index in [2.05, 4.69) is 6.07 Å². The molecule has 2 heteroatoms. The summed E-state index contributed by atoms with van der Waals surface area (Å²) in [7, 11) is 0. The van der Waals surface area contributed by atoms with Crippen molar-refractivity contribution in [1.82, 2.24) is 0 Å². The van der Waals surface area contributed by atoms with Crippen molar-refractivity contribution in [3.05, 3.63) is 28.3 Å². The van der Waals surface area contributed by atoms with Gasteiger partial charge >= 0.3 is 0 Å². The maximum Gasteiger partial charge on any atom is 0.140 e. The van der Waals surface area contributed by atoms with Crippen LogP contribution in [0.1, 0.15) is 18.1 Å². The van der Waals surface area contributed by atoms with Gasteiger partial charge in [-0.05, 0) is 38.0 Å². The quantitative estimate of drug-likeness (QED) is 0.685. The van der Waals surface area contributed by atoms with Crippen LogP contribution in [0.3, 0.4) is 0 Å². The number of aryl methyl sites for hydroxylation is 2. The molecule has 1 aromatic carbocycles. The highest BCUT2D eigenvalue weighted by molar-refractivity contribution is 6.32. The average Bonchev–Trinajstić information content (AvgIpc) is 1.96. The maximum atomic E-state index is 5.99. The van der Waals surface area contributed by atoms with E-state index in [1.54, 1.807) is 0 Å². The molecule has 0 heterocycles. The first kappa shape index (κ1) is 9.40. The number of benzene rings is 1. The molecule has 1 aromatic rings. The zero-order valence-corrected chi connectivity index (χ0v) is 8.40. The molecule has 0 spiro atoms. The first-order chi connectivity index (χ1) is 5.65. The third-order valence-corrected chi connectivity index (χ3v) is 1.94. The van der Waals surface area contributed by atoms with E-state index in [4.69, 9.17) is 16.3 Å². The van der Waals surface area contributed by atoms with Crippen molar-refractivity contribution < 1.29 is 4.74 Å². The van der Waals surface area contributed by atoms with Gasteiger partial charge in [-0.15, -0.1) is 0 Å². The van der Waals surface area contributed by atoms with Gasteiger partial charge in [0.25, 0.3) is 0 Å². The van der Waals surface area contributed by atoms with E-state index in [9.17, 15) is 0 Å². The van der Waals surface area contributed by atoms with Crippen molar-refractivity contribution in [1.29, 1.82) is 0 Å². The molecule has 0 bridgehead atoms. The van der Waals surface area contributed by atoms with Crippen molar-refractivity contribution in [2.45, 2.75) is 20.8 Å². The fraction of sp³-hybridized carbons (Fsp3) is 0.400. The minimum absolute atomic E-state index is 0.656. The molecule has 0 atom stereocenters. The maximum absolute atomic E-state index is 5.99. The van der Waals surface area contributed by atoms with Crippen LogP contribution in [-0.2, 0) is 0 Å². The van der Waals surface area contributed by atoms with Gasteiger partial charge in [0.15, 0.2) is 0 Å². The van der Waals surface area contributed by atoms with Crippen LogP contribution in [0.2, 0.25) is 5.02 Å². The Morgan fingerprint density at radius 3 is 2.50 bits per heavy atom. The normalized spacial score (nSPS) is 10.0. The van der Waals surface area contributed by atoms with E-state index >= 15 is 0 Å². The molecule has 1 rings (SSSR count). The Morgan fingerprint density at radius 1 is 1.33 bits per heavy atom. The SMILES string of the molecule is CCOc1c(C)cc(C)cc1Cl. The predicted molar refractivity (Wildman–Crippen MR) is 52.1 cm³/mol. The van der Waals surface area contributed by atoms with Crippen molar-refractivity contribution in [3.8, 4) is 5.75 Å². The minimum atomic E-state index is 0.656. The molecule has 0 aliphatic carbocycles. The zero-order valence-electron chi connectivity index (χ0n) is 7.65. The zero-order chi connectivity index (χ0) is 9.14. The Bertz CT molecular complexity index is 258. The van der Waals surface area contributed by atoms with E-state index in [1.165, 1.54) is 5.56 Å². The van der Waals surface area contributed by atoms with E-state index in [0.717, 1.165) is 11.3 Å². The number of rotatable bonds is 2. The highest BCUT2D eigenvalue weighted by atomic mass is 35.5. The highest BCUT2D eigenvalue weighted by Gasteiger charge is 2.04. The Hall–Kier alpha value is -0.690. The second-order valence-electron chi connectivity index (χ2n) is 2.83. The summed E-state index contributed by atoms with van der Waals surface area (Å²) in [5, 5.41) is 0.703. The average molecular weight is 185 g/mol. The Kier molecular flexibility index (Phi) is 2.99. The minimum Gasteiger partial charge on any atom is -0.492 e. The van der Waals surface area contributed by atoms with Crippen molar-refractivity contribution >= 4 is 11.6 Å². The molecule has 0 aliphatic heterocycles. The molecule has 0 radical (unpaired) electrons. The fourth-order valence-electron chi connectivity index (χ4n) is 1.23. The molecule has 0 saturated carbocycles. The lowest BCUT2D eigenvalue weighted by Crippen LogP contribution is -1.95. The molecule has 0 unspecified atom stereocenters. The van der Waals surface area contributed by atoms with E-state index in [0.29, 0.717) is 11.6 Å². The Balaban J connectivity index is 3.10. The molecule has 0 aliphatic rings. The number of halogens is 1. The fourth-order valence-corrected chi connectivity index (χ4v) is 1.61. The molecule has 0 aromatic heterocycles. The van der Waals surface area contributed by atoms with Crippen molar-refractivity contribution in [2.75, 3.05) is 6.61 Å². The van der Waals surface area contributed by atoms with Gasteiger partial charge in [0.1, 0.15) is 5.75 Å². The smallest absolute Gasteiger partial charge is 0.140 e. The standard InChI is InChI=1S/C10H13ClO/c1-4-12-10-8(3)5-7(2)6-9(10)11/h5-6H,4H2,1-3H3. The summed E-state index contributed by atoms with van der Waals surface area (Å²) in [6.45, 7) is 6.64. The first-order valence-corrected chi connectivity index (χ1v) is 4.42. The molecule has 66 valence electrons. The predicted octanol–water partition coefficient (Wildman–Crippen LogP) is 3.36. The van der Waals surface area contributed by atoms with Gasteiger partial charge in [-0.3, -0.25) is 0 Å². The van der Waals surface area contributed by atoms with Gasteiger partial charge in [-0.2, -0.15) is 0 Å². The lowest BCUT2D eigenvalue weighted by molar-refractivity contribution is 0.338. The third kappa shape index (κ3) is 1.92. The summed E-state index contributed by atoms with van der Waals surface area (Å²) in [6.07, 6.45) is 0. The molecular weight excluding hydrogens is 172 g/mol. The van der Waals surface area contributed by atoms with Crippen LogP contribution in [0.5, 0.6) is 5.75 Å². The van der Waals surface area contributed by atoms with Crippen LogP contribution >= 0.6 is 11.6 Å². The van der Waals surface area contributed by atoms with E-state index in [-0.39, 0.29) is 0 Å². The Labute approximate surface area is 78.3 Å². The molecule has 0 amide bonds. The van der Waals surface area contributed by atoms with Gasteiger partial charge in [0.2, 0.25) is 0 Å². The monoisotopic (exact) mass is 184 g/mol. The van der Waals surface area contributed by atoms with Crippen LogP contribution in [-0.4, -0.2) is 6.61 Å². The molecule has 1 nitrogen and oxygen atoms in total. The Morgan fingerprint density at radius 2 is 2.00 bits per heavy atom. The third-order valence-electron chi connectivity index (χ3n) is 1.66. The van der Waals surface area contributed by atoms with Crippen molar-refractivity contribution in [2.24, 2.45) is 0 Å². The number of ether oxygens (including phenoxy) is 1. The number of hydrogen-bond donors (Lipinski definition) is 0. The van der Waals surface area contributed by atoms with E-state index in [1.807, 2.05) is 26.8 Å². The van der Waals surface area contributed by atoms with Crippen LogP contribution in [0.25, 0.3) is 0 Å². The summed E-state index contributed by atoms with van der Waals surface area (Å²) in [5.41, 5.74) is 2.27. The molecule has 12 heavy (non-hydrogen) atoms. The first-order valence-electron chi connectivity index (χ1n) is 4.04. The second kappa shape index (κ2) is 3.81. The van der Waals surface area contributed by atoms with Crippen molar-refractivity contribution in [3.63, 3.8) is 0 Å². The highest BCUT2D eigenvalue weighted by Crippen LogP contribution is 2.29. The van der Waals surface area contributed by atoms with E-state index < -0.39 is 0 Å². The van der Waals surface area contributed by atoms with Gasteiger partial charge in [-0.25, -0.2) is 0 Å². The summed E-state index contributed by atoms with van der Waals surface area (Å²) >= 11 is 5.99. The summed E-state index contributed by atoms with van der Waals surface area (Å²) in [6, 6.07) is 3.98. The summed E-state index contributed by atoms with van der Waals surface area (Å²) in [5.74, 6) is 0.810. The van der Waals surface area contributed by atoms with Gasteiger partial charge in [0, 0.05) is 0 Å². The van der Waals surface area contributed by atoms with Gasteiger partial charge < -0.3 is 4.74 Å². The second-order valence-corrected chi connectivity index (χ2v) is 3.23. The largest absolute Gasteiger partial charge is 0.492 e. The molecular formula is C10H13ClO. The molecule has 0 N–H and O–H groups in total. The van der Waals surface area contributed by atoms with Gasteiger partial charge in [-0.1, -0.05) is 17.7 Å². The molecule has 0 fully saturated rings. The topological polar surface area (TPSA) is 9.23 Å². The summed E-state index contributed by atoms with van der Waals surface area (Å²) < 4.78 is 5.39. The lowest BCUT2D eigenvalue weighted by Gasteiger charge is -2.09. The molecule has 0 saturated heterocycles. The number of hydrogen-bond acceptors (Lipinski definition) is 1. The lowest BCUT2D eigenvalue weighted by atomic mass is 10.1. The van der Waals surface area contributed by atoms with Crippen LogP contribution in [0, 0.1) is 13.8 Å². The summed E-state index contributed by atoms with van der Waals surface area (Å²) in [4.78, 5) is 0.